The van der Waals surface area contributed by atoms with Crippen LogP contribution < -0.4 is 0 Å². The molecule has 1 aromatic carbocycles. The third-order valence-electron chi connectivity index (χ3n) is 3.02. The fraction of sp³-hybridized carbons (Fsp3) is 0.400. The molecule has 20 heavy (non-hydrogen) atoms. The van der Waals surface area contributed by atoms with E-state index >= 15 is 0 Å². The van der Waals surface area contributed by atoms with Gasteiger partial charge in [0, 0.05) is 6.42 Å². The monoisotopic (exact) mass is 274 g/mol. The summed E-state index contributed by atoms with van der Waals surface area (Å²) in [5, 5.41) is 3.63. The molecule has 0 amide bonds. The van der Waals surface area contributed by atoms with Crippen molar-refractivity contribution >= 4 is 5.97 Å². The van der Waals surface area contributed by atoms with E-state index in [0.29, 0.717) is 24.6 Å². The molecule has 0 fully saturated rings. The summed E-state index contributed by atoms with van der Waals surface area (Å²) in [6.07, 6.45) is 1.02. The predicted octanol–water partition coefficient (Wildman–Crippen LogP) is 2.67. The number of rotatable bonds is 5. The van der Waals surface area contributed by atoms with Crippen LogP contribution in [0.4, 0.5) is 0 Å². The van der Waals surface area contributed by atoms with Gasteiger partial charge in [0.1, 0.15) is 0 Å². The molecule has 0 bridgehead atoms. The summed E-state index contributed by atoms with van der Waals surface area (Å²) in [4.78, 5) is 15.6. The van der Waals surface area contributed by atoms with Crippen molar-refractivity contribution in [3.63, 3.8) is 0 Å². The normalized spacial score (nSPS) is 10.6. The van der Waals surface area contributed by atoms with Crippen molar-refractivity contribution < 1.29 is 14.1 Å². The van der Waals surface area contributed by atoms with Gasteiger partial charge in [0.05, 0.1) is 0 Å². The van der Waals surface area contributed by atoms with E-state index in [0.717, 1.165) is 0 Å². The summed E-state index contributed by atoms with van der Waals surface area (Å²) in [6, 6.07) is 6.22. The van der Waals surface area contributed by atoms with E-state index in [1.165, 1.54) is 16.7 Å². The van der Waals surface area contributed by atoms with Crippen LogP contribution in [-0.4, -0.2) is 16.1 Å². The van der Waals surface area contributed by atoms with Crippen LogP contribution in [0, 0.1) is 20.8 Å². The Kier molecular flexibility index (Phi) is 4.50. The molecule has 0 unspecified atom stereocenters. The zero-order valence-electron chi connectivity index (χ0n) is 12.0. The molecule has 0 N–H and O–H groups in total. The van der Waals surface area contributed by atoms with Gasteiger partial charge in [0.25, 0.3) is 5.89 Å². The van der Waals surface area contributed by atoms with Crippen LogP contribution in [0.5, 0.6) is 0 Å². The van der Waals surface area contributed by atoms with E-state index < -0.39 is 0 Å². The molecule has 0 spiro atoms. The van der Waals surface area contributed by atoms with Crippen molar-refractivity contribution in [3.8, 4) is 0 Å². The molecule has 0 aliphatic carbocycles. The second-order valence-electron chi connectivity index (χ2n) is 4.83. The summed E-state index contributed by atoms with van der Waals surface area (Å²) in [5.41, 5.74) is 3.59. The Morgan fingerprint density at radius 3 is 2.75 bits per heavy atom. The molecular formula is C15H18N2O3. The van der Waals surface area contributed by atoms with Gasteiger partial charge in [0.2, 0.25) is 0 Å². The number of ether oxygens (including phenoxy) is 1. The minimum absolute atomic E-state index is 0.0343. The van der Waals surface area contributed by atoms with Gasteiger partial charge in [-0.1, -0.05) is 28.9 Å². The lowest BCUT2D eigenvalue weighted by Gasteiger charge is -2.06. The van der Waals surface area contributed by atoms with Crippen LogP contribution in [-0.2, 0) is 22.6 Å². The third-order valence-corrected chi connectivity index (χ3v) is 3.02. The molecule has 0 saturated carbocycles. The number of carbonyl (C=O) groups excluding carboxylic acids is 1. The van der Waals surface area contributed by atoms with Crippen molar-refractivity contribution in [2.75, 3.05) is 0 Å². The molecule has 5 nitrogen and oxygen atoms in total. The van der Waals surface area contributed by atoms with Gasteiger partial charge in [-0.25, -0.2) is 0 Å². The first kappa shape index (κ1) is 14.2. The minimum Gasteiger partial charge on any atom is -0.456 e. The van der Waals surface area contributed by atoms with Crippen LogP contribution in [0.25, 0.3) is 0 Å². The van der Waals surface area contributed by atoms with E-state index in [-0.39, 0.29) is 12.6 Å². The Balaban J connectivity index is 1.80. The Morgan fingerprint density at radius 1 is 1.30 bits per heavy atom. The number of aryl methyl sites for hydroxylation is 4. The fourth-order valence-corrected chi connectivity index (χ4v) is 1.98. The van der Waals surface area contributed by atoms with Crippen molar-refractivity contribution in [2.45, 2.75) is 40.2 Å². The Hall–Kier alpha value is -2.17. The van der Waals surface area contributed by atoms with Gasteiger partial charge < -0.3 is 9.26 Å². The number of aromatic nitrogens is 2. The molecule has 2 rings (SSSR count). The van der Waals surface area contributed by atoms with Crippen molar-refractivity contribution in [1.82, 2.24) is 10.1 Å². The fourth-order valence-electron chi connectivity index (χ4n) is 1.98. The van der Waals surface area contributed by atoms with Crippen LogP contribution in [0.1, 0.15) is 34.8 Å². The highest BCUT2D eigenvalue weighted by atomic mass is 16.6. The maximum Gasteiger partial charge on any atom is 0.306 e. The molecule has 106 valence electrons. The highest BCUT2D eigenvalue weighted by Crippen LogP contribution is 2.13. The lowest BCUT2D eigenvalue weighted by atomic mass is 10.0. The molecule has 0 saturated heterocycles. The first-order valence-electron chi connectivity index (χ1n) is 6.55. The zero-order valence-corrected chi connectivity index (χ0v) is 12.0. The van der Waals surface area contributed by atoms with Gasteiger partial charge in [-0.05, 0) is 38.3 Å². The summed E-state index contributed by atoms with van der Waals surface area (Å²) in [6.45, 7) is 5.86. The van der Waals surface area contributed by atoms with E-state index in [1.807, 2.05) is 0 Å². The van der Waals surface area contributed by atoms with Crippen molar-refractivity contribution in [3.05, 3.63) is 46.6 Å². The number of carbonyl (C=O) groups is 1. The SMILES string of the molecule is Cc1ccc(CCC(=O)OCc2nc(C)no2)c(C)c1. The van der Waals surface area contributed by atoms with Crippen LogP contribution >= 0.6 is 0 Å². The van der Waals surface area contributed by atoms with Crippen LogP contribution in [0.2, 0.25) is 0 Å². The summed E-state index contributed by atoms with van der Waals surface area (Å²) >= 11 is 0. The molecule has 0 aliphatic heterocycles. The van der Waals surface area contributed by atoms with Gasteiger partial charge in [-0.3, -0.25) is 4.79 Å². The lowest BCUT2D eigenvalue weighted by Crippen LogP contribution is -2.06. The molecule has 0 radical (unpaired) electrons. The van der Waals surface area contributed by atoms with Gasteiger partial charge in [0.15, 0.2) is 12.4 Å². The highest BCUT2D eigenvalue weighted by molar-refractivity contribution is 5.69. The highest BCUT2D eigenvalue weighted by Gasteiger charge is 2.09. The summed E-state index contributed by atoms with van der Waals surface area (Å²) < 4.78 is 9.96. The minimum atomic E-state index is -0.263. The van der Waals surface area contributed by atoms with Crippen LogP contribution in [0.15, 0.2) is 22.7 Å². The average molecular weight is 274 g/mol. The van der Waals surface area contributed by atoms with Gasteiger partial charge >= 0.3 is 5.97 Å². The number of nitrogens with zero attached hydrogens (tertiary/aromatic N) is 2. The Labute approximate surface area is 118 Å². The molecule has 5 heteroatoms. The molecule has 0 aliphatic rings. The first-order chi connectivity index (χ1) is 9.54. The van der Waals surface area contributed by atoms with Gasteiger partial charge in [-0.15, -0.1) is 0 Å². The largest absolute Gasteiger partial charge is 0.456 e. The maximum absolute atomic E-state index is 11.7. The zero-order chi connectivity index (χ0) is 14.5. The Bertz CT molecular complexity index is 605. The third kappa shape index (κ3) is 3.91. The second kappa shape index (κ2) is 6.32. The van der Waals surface area contributed by atoms with Crippen molar-refractivity contribution in [1.29, 1.82) is 0 Å². The average Bonchev–Trinajstić information content (AvgIpc) is 2.81. The van der Waals surface area contributed by atoms with E-state index in [2.05, 4.69) is 42.2 Å². The number of esters is 1. The molecule has 0 atom stereocenters. The first-order valence-corrected chi connectivity index (χ1v) is 6.55. The Morgan fingerprint density at radius 2 is 2.10 bits per heavy atom. The molecule has 2 aromatic rings. The van der Waals surface area contributed by atoms with E-state index in [9.17, 15) is 4.79 Å². The summed E-state index contributed by atoms with van der Waals surface area (Å²) in [5.74, 6) is 0.592. The van der Waals surface area contributed by atoms with Gasteiger partial charge in [-0.2, -0.15) is 4.98 Å². The number of hydrogen-bond donors (Lipinski definition) is 0. The standard InChI is InChI=1S/C15H18N2O3/c1-10-4-5-13(11(2)8-10)6-7-15(18)19-9-14-16-12(3)17-20-14/h4-5,8H,6-7,9H2,1-3H3. The lowest BCUT2D eigenvalue weighted by molar-refractivity contribution is -0.145. The maximum atomic E-state index is 11.7. The van der Waals surface area contributed by atoms with Crippen molar-refractivity contribution in [2.24, 2.45) is 0 Å². The quantitative estimate of drug-likeness (QED) is 0.784. The second-order valence-corrected chi connectivity index (χ2v) is 4.83. The number of hydrogen-bond acceptors (Lipinski definition) is 5. The smallest absolute Gasteiger partial charge is 0.306 e. The molecule has 1 heterocycles. The van der Waals surface area contributed by atoms with E-state index in [1.54, 1.807) is 6.92 Å². The summed E-state index contributed by atoms with van der Waals surface area (Å²) in [7, 11) is 0. The number of benzene rings is 1. The van der Waals surface area contributed by atoms with E-state index in [4.69, 9.17) is 9.26 Å². The molecular weight excluding hydrogens is 256 g/mol. The van der Waals surface area contributed by atoms with Crippen LogP contribution in [0.3, 0.4) is 0 Å². The topological polar surface area (TPSA) is 65.2 Å². The predicted molar refractivity (Wildman–Crippen MR) is 73.1 cm³/mol. The molecule has 1 aromatic heterocycles.